The van der Waals surface area contributed by atoms with Crippen LogP contribution in [-0.4, -0.2) is 49.3 Å². The molecule has 26 heavy (non-hydrogen) atoms. The Balaban J connectivity index is 1.48. The van der Waals surface area contributed by atoms with E-state index in [9.17, 15) is 8.42 Å². The molecule has 0 bridgehead atoms. The van der Waals surface area contributed by atoms with E-state index in [0.717, 1.165) is 38.9 Å². The lowest BCUT2D eigenvalue weighted by Gasteiger charge is -2.32. The molecule has 1 N–H and O–H groups in total. The Kier molecular flexibility index (Phi) is 6.45. The standard InChI is InChI=1S/C19H28N4O2S/c1-2-23-16-19(14-20-23)26(24,25)21-13-18-9-6-11-22(15-18)12-10-17-7-4-3-5-8-17/h3-5,7-8,14,16,18,21H,2,6,9-13,15H2,1H3. The minimum Gasteiger partial charge on any atom is -0.303 e. The summed E-state index contributed by atoms with van der Waals surface area (Å²) in [5.41, 5.74) is 1.35. The van der Waals surface area contributed by atoms with E-state index in [0.29, 0.717) is 19.0 Å². The third-order valence-corrected chi connectivity index (χ3v) is 6.35. The topological polar surface area (TPSA) is 67.2 Å². The van der Waals surface area contributed by atoms with Gasteiger partial charge in [0.15, 0.2) is 0 Å². The number of sulfonamides is 1. The SMILES string of the molecule is CCn1cc(S(=O)(=O)NCC2CCCN(CCc3ccccc3)C2)cn1. The van der Waals surface area contributed by atoms with Gasteiger partial charge in [0.1, 0.15) is 4.90 Å². The molecule has 0 saturated carbocycles. The molecule has 1 aromatic carbocycles. The summed E-state index contributed by atoms with van der Waals surface area (Å²) in [6.45, 7) is 6.15. The predicted molar refractivity (Wildman–Crippen MR) is 102 cm³/mol. The molecular weight excluding hydrogens is 348 g/mol. The second-order valence-corrected chi connectivity index (χ2v) is 8.70. The maximum atomic E-state index is 12.4. The summed E-state index contributed by atoms with van der Waals surface area (Å²) >= 11 is 0. The Morgan fingerprint density at radius 1 is 1.27 bits per heavy atom. The number of nitrogens with zero attached hydrogens (tertiary/aromatic N) is 3. The normalized spacial score (nSPS) is 18.9. The number of nitrogens with one attached hydrogen (secondary N) is 1. The molecule has 0 spiro atoms. The van der Waals surface area contributed by atoms with Gasteiger partial charge in [0.2, 0.25) is 10.0 Å². The summed E-state index contributed by atoms with van der Waals surface area (Å²) in [5, 5.41) is 4.05. The van der Waals surface area contributed by atoms with Crippen molar-refractivity contribution in [2.45, 2.75) is 37.6 Å². The number of rotatable bonds is 8. The first-order chi connectivity index (χ1) is 12.6. The summed E-state index contributed by atoms with van der Waals surface area (Å²) in [7, 11) is -3.47. The van der Waals surface area contributed by atoms with Gasteiger partial charge < -0.3 is 4.90 Å². The first-order valence-corrected chi connectivity index (χ1v) is 10.8. The highest BCUT2D eigenvalue weighted by atomic mass is 32.2. The molecule has 0 radical (unpaired) electrons. The first-order valence-electron chi connectivity index (χ1n) is 9.35. The second kappa shape index (κ2) is 8.79. The average molecular weight is 377 g/mol. The van der Waals surface area contributed by atoms with E-state index >= 15 is 0 Å². The number of piperidine rings is 1. The van der Waals surface area contributed by atoms with E-state index in [1.807, 2.05) is 13.0 Å². The van der Waals surface area contributed by atoms with Crippen molar-refractivity contribution in [2.24, 2.45) is 5.92 Å². The van der Waals surface area contributed by atoms with Crippen molar-refractivity contribution < 1.29 is 8.42 Å². The van der Waals surface area contributed by atoms with Crippen molar-refractivity contribution in [3.05, 3.63) is 48.3 Å². The average Bonchev–Trinajstić information content (AvgIpc) is 3.16. The molecular formula is C19H28N4O2S. The summed E-state index contributed by atoms with van der Waals surface area (Å²) in [4.78, 5) is 2.70. The number of aryl methyl sites for hydroxylation is 1. The maximum Gasteiger partial charge on any atom is 0.243 e. The Hall–Kier alpha value is -1.70. The molecule has 142 valence electrons. The lowest BCUT2D eigenvalue weighted by atomic mass is 9.98. The molecule has 1 fully saturated rings. The van der Waals surface area contributed by atoms with E-state index in [-0.39, 0.29) is 4.90 Å². The van der Waals surface area contributed by atoms with Crippen molar-refractivity contribution in [1.82, 2.24) is 19.4 Å². The molecule has 1 aromatic heterocycles. The number of aromatic nitrogens is 2. The lowest BCUT2D eigenvalue weighted by Crippen LogP contribution is -2.41. The molecule has 1 atom stereocenters. The fourth-order valence-corrected chi connectivity index (χ4v) is 4.49. The Morgan fingerprint density at radius 2 is 2.08 bits per heavy atom. The minimum absolute atomic E-state index is 0.246. The van der Waals surface area contributed by atoms with Crippen molar-refractivity contribution >= 4 is 10.0 Å². The zero-order valence-corrected chi connectivity index (χ0v) is 16.2. The van der Waals surface area contributed by atoms with Crippen molar-refractivity contribution in [3.63, 3.8) is 0 Å². The molecule has 3 rings (SSSR count). The molecule has 1 saturated heterocycles. The lowest BCUT2D eigenvalue weighted by molar-refractivity contribution is 0.178. The molecule has 1 aliphatic heterocycles. The smallest absolute Gasteiger partial charge is 0.243 e. The highest BCUT2D eigenvalue weighted by molar-refractivity contribution is 7.89. The minimum atomic E-state index is -3.47. The molecule has 2 heterocycles. The van der Waals surface area contributed by atoms with Crippen LogP contribution in [0, 0.1) is 5.92 Å². The van der Waals surface area contributed by atoms with Gasteiger partial charge in [0.25, 0.3) is 0 Å². The fraction of sp³-hybridized carbons (Fsp3) is 0.526. The van der Waals surface area contributed by atoms with Gasteiger partial charge in [-0.1, -0.05) is 30.3 Å². The van der Waals surface area contributed by atoms with Crippen molar-refractivity contribution in [2.75, 3.05) is 26.2 Å². The number of benzene rings is 1. The van der Waals surface area contributed by atoms with Gasteiger partial charge in [-0.15, -0.1) is 0 Å². The molecule has 7 heteroatoms. The van der Waals surface area contributed by atoms with Crippen LogP contribution in [0.5, 0.6) is 0 Å². The summed E-state index contributed by atoms with van der Waals surface area (Å²) in [6.07, 6.45) is 6.22. The highest BCUT2D eigenvalue weighted by Crippen LogP contribution is 2.17. The summed E-state index contributed by atoms with van der Waals surface area (Å²) in [6, 6.07) is 10.5. The van der Waals surface area contributed by atoms with Gasteiger partial charge >= 0.3 is 0 Å². The third kappa shape index (κ3) is 5.16. The van der Waals surface area contributed by atoms with Crippen LogP contribution in [0.15, 0.2) is 47.6 Å². The van der Waals surface area contributed by atoms with Crippen LogP contribution < -0.4 is 4.72 Å². The molecule has 6 nitrogen and oxygen atoms in total. The van der Waals surface area contributed by atoms with Gasteiger partial charge in [-0.3, -0.25) is 4.68 Å². The Labute approximate surface area is 156 Å². The van der Waals surface area contributed by atoms with Crippen LogP contribution in [0.3, 0.4) is 0 Å². The second-order valence-electron chi connectivity index (χ2n) is 6.93. The van der Waals surface area contributed by atoms with Crippen LogP contribution in [0.4, 0.5) is 0 Å². The van der Waals surface area contributed by atoms with E-state index in [1.54, 1.807) is 10.9 Å². The monoisotopic (exact) mass is 376 g/mol. The number of hydrogen-bond acceptors (Lipinski definition) is 4. The molecule has 1 unspecified atom stereocenters. The molecule has 0 aliphatic carbocycles. The number of hydrogen-bond donors (Lipinski definition) is 1. The van der Waals surface area contributed by atoms with Crippen molar-refractivity contribution in [3.8, 4) is 0 Å². The quantitative estimate of drug-likeness (QED) is 0.766. The molecule has 0 amide bonds. The van der Waals surface area contributed by atoms with Crippen LogP contribution in [-0.2, 0) is 23.0 Å². The number of likely N-dealkylation sites (tertiary alicyclic amines) is 1. The van der Waals surface area contributed by atoms with Gasteiger partial charge in [-0.25, -0.2) is 13.1 Å². The van der Waals surface area contributed by atoms with E-state index < -0.39 is 10.0 Å². The van der Waals surface area contributed by atoms with E-state index in [4.69, 9.17) is 0 Å². The van der Waals surface area contributed by atoms with Gasteiger partial charge in [0.05, 0.1) is 6.20 Å². The molecule has 2 aromatic rings. The zero-order valence-electron chi connectivity index (χ0n) is 15.3. The van der Waals surface area contributed by atoms with Crippen LogP contribution in [0.25, 0.3) is 0 Å². The highest BCUT2D eigenvalue weighted by Gasteiger charge is 2.23. The largest absolute Gasteiger partial charge is 0.303 e. The van der Waals surface area contributed by atoms with Gasteiger partial charge in [0, 0.05) is 32.4 Å². The van der Waals surface area contributed by atoms with Crippen LogP contribution in [0.1, 0.15) is 25.3 Å². The van der Waals surface area contributed by atoms with E-state index in [1.165, 1.54) is 11.8 Å². The Bertz CT molecular complexity index is 789. The van der Waals surface area contributed by atoms with E-state index in [2.05, 4.69) is 39.0 Å². The third-order valence-electron chi connectivity index (χ3n) is 4.97. The molecule has 1 aliphatic rings. The zero-order chi connectivity index (χ0) is 18.4. The summed E-state index contributed by atoms with van der Waals surface area (Å²) < 4.78 is 29.2. The first kappa shape index (κ1) is 19.1. The van der Waals surface area contributed by atoms with Gasteiger partial charge in [-0.2, -0.15) is 5.10 Å². The summed E-state index contributed by atoms with van der Waals surface area (Å²) in [5.74, 6) is 0.357. The van der Waals surface area contributed by atoms with Crippen LogP contribution >= 0.6 is 0 Å². The maximum absolute atomic E-state index is 12.4. The fourth-order valence-electron chi connectivity index (χ4n) is 3.42. The Morgan fingerprint density at radius 3 is 2.81 bits per heavy atom. The van der Waals surface area contributed by atoms with Gasteiger partial charge in [-0.05, 0) is 44.2 Å². The predicted octanol–water partition coefficient (Wildman–Crippen LogP) is 2.14. The van der Waals surface area contributed by atoms with Crippen LogP contribution in [0.2, 0.25) is 0 Å². The van der Waals surface area contributed by atoms with Crippen molar-refractivity contribution in [1.29, 1.82) is 0 Å².